The zero-order chi connectivity index (χ0) is 6.85. The van der Waals surface area contributed by atoms with Crippen molar-refractivity contribution in [2.24, 2.45) is 10.7 Å². The molecule has 3 N–H and O–H groups in total. The first-order chi connectivity index (χ1) is 4.18. The molecule has 0 fully saturated rings. The molecule has 3 nitrogen and oxygen atoms in total. The van der Waals surface area contributed by atoms with E-state index in [1.165, 1.54) is 0 Å². The molecule has 1 aliphatic rings. The molecule has 0 bridgehead atoms. The molecule has 9 heavy (non-hydrogen) atoms. The van der Waals surface area contributed by atoms with Crippen LogP contribution in [0.3, 0.4) is 0 Å². The second kappa shape index (κ2) is 2.45. The number of halogens is 2. The van der Waals surface area contributed by atoms with E-state index < -0.39 is 5.50 Å². The Kier molecular flexibility index (Phi) is 1.83. The van der Waals surface area contributed by atoms with E-state index in [4.69, 9.17) is 28.9 Å². The molecule has 0 saturated heterocycles. The highest BCUT2D eigenvalue weighted by atomic mass is 35.5. The summed E-state index contributed by atoms with van der Waals surface area (Å²) < 4.78 is 0. The summed E-state index contributed by atoms with van der Waals surface area (Å²) in [6.45, 7) is 0. The average molecular weight is 165 g/mol. The molecular weight excluding hydrogens is 161 g/mol. The van der Waals surface area contributed by atoms with Gasteiger partial charge >= 0.3 is 0 Å². The van der Waals surface area contributed by atoms with Crippen LogP contribution in [-0.2, 0) is 0 Å². The summed E-state index contributed by atoms with van der Waals surface area (Å²) in [6, 6.07) is 0. The third-order valence-corrected chi connectivity index (χ3v) is 1.15. The Morgan fingerprint density at radius 1 is 1.78 bits per heavy atom. The molecular formula is C4H4Cl2N3. The SMILES string of the molecule is NC1=NC(Cl)=[C]C(Cl)N1. The molecule has 0 aromatic carbocycles. The molecule has 1 aliphatic heterocycles. The number of alkyl halides is 1. The molecule has 0 amide bonds. The molecule has 0 saturated carbocycles. The van der Waals surface area contributed by atoms with Crippen LogP contribution in [0.5, 0.6) is 0 Å². The number of nitrogens with zero attached hydrogens (tertiary/aromatic N) is 1. The number of guanidine groups is 1. The predicted molar refractivity (Wildman–Crippen MR) is 37.0 cm³/mol. The standard InChI is InChI=1S/C4H4Cl2N3/c5-2-1-3(6)9-4(7)8-2/h2H,(H3,7,8,9). The topological polar surface area (TPSA) is 50.4 Å². The van der Waals surface area contributed by atoms with Gasteiger partial charge in [-0.1, -0.05) is 23.2 Å². The van der Waals surface area contributed by atoms with E-state index in [9.17, 15) is 0 Å². The lowest BCUT2D eigenvalue weighted by molar-refractivity contribution is 0.900. The Morgan fingerprint density at radius 2 is 2.44 bits per heavy atom. The fraction of sp³-hybridized carbons (Fsp3) is 0.250. The van der Waals surface area contributed by atoms with E-state index in [2.05, 4.69) is 16.4 Å². The zero-order valence-corrected chi connectivity index (χ0v) is 5.87. The number of nitrogens with two attached hydrogens (primary N) is 1. The van der Waals surface area contributed by atoms with Crippen LogP contribution in [0.15, 0.2) is 10.1 Å². The van der Waals surface area contributed by atoms with Crippen LogP contribution >= 0.6 is 23.2 Å². The lowest BCUT2D eigenvalue weighted by Crippen LogP contribution is -2.38. The zero-order valence-electron chi connectivity index (χ0n) is 4.36. The van der Waals surface area contributed by atoms with E-state index in [-0.39, 0.29) is 11.1 Å². The van der Waals surface area contributed by atoms with Crippen LogP contribution in [0, 0.1) is 6.08 Å². The number of hydrogen-bond acceptors (Lipinski definition) is 3. The molecule has 5 heteroatoms. The van der Waals surface area contributed by atoms with Crippen LogP contribution in [-0.4, -0.2) is 11.5 Å². The van der Waals surface area contributed by atoms with Gasteiger partial charge in [0.25, 0.3) is 0 Å². The van der Waals surface area contributed by atoms with E-state index in [0.717, 1.165) is 0 Å². The number of aliphatic imine (C=N–C) groups is 1. The molecule has 0 aromatic heterocycles. The first kappa shape index (κ1) is 6.71. The average Bonchev–Trinajstić information content (AvgIpc) is 1.59. The van der Waals surface area contributed by atoms with Crippen molar-refractivity contribution >= 4 is 29.2 Å². The van der Waals surface area contributed by atoms with Crippen molar-refractivity contribution in [2.75, 3.05) is 0 Å². The Labute approximate surface area is 62.5 Å². The largest absolute Gasteiger partial charge is 0.370 e. The van der Waals surface area contributed by atoms with E-state index in [0.29, 0.717) is 0 Å². The van der Waals surface area contributed by atoms with Crippen molar-refractivity contribution < 1.29 is 0 Å². The summed E-state index contributed by atoms with van der Waals surface area (Å²) >= 11 is 10.9. The smallest absolute Gasteiger partial charge is 0.196 e. The fourth-order valence-corrected chi connectivity index (χ4v) is 0.912. The molecule has 0 spiro atoms. The second-order valence-corrected chi connectivity index (χ2v) is 2.23. The maximum atomic E-state index is 5.52. The summed E-state index contributed by atoms with van der Waals surface area (Å²) in [7, 11) is 0. The monoisotopic (exact) mass is 164 g/mol. The molecule has 1 radical (unpaired) electrons. The lowest BCUT2D eigenvalue weighted by Gasteiger charge is -2.11. The summed E-state index contributed by atoms with van der Waals surface area (Å²) in [6.07, 6.45) is 2.58. The van der Waals surface area contributed by atoms with Gasteiger partial charge in [0.15, 0.2) is 5.96 Å². The summed E-state index contributed by atoms with van der Waals surface area (Å²) in [5, 5.41) is 2.79. The van der Waals surface area contributed by atoms with Crippen LogP contribution in [0.25, 0.3) is 0 Å². The normalized spacial score (nSPS) is 26.2. The van der Waals surface area contributed by atoms with Crippen LogP contribution in [0.2, 0.25) is 0 Å². The number of rotatable bonds is 0. The maximum Gasteiger partial charge on any atom is 0.196 e. The highest BCUT2D eigenvalue weighted by Gasteiger charge is 2.08. The van der Waals surface area contributed by atoms with Crippen molar-refractivity contribution in [1.82, 2.24) is 5.32 Å². The molecule has 49 valence electrons. The molecule has 1 atom stereocenters. The van der Waals surface area contributed by atoms with Crippen molar-refractivity contribution in [2.45, 2.75) is 5.50 Å². The summed E-state index contributed by atoms with van der Waals surface area (Å²) in [5.41, 5.74) is 4.76. The van der Waals surface area contributed by atoms with E-state index in [1.807, 2.05) is 0 Å². The second-order valence-electron chi connectivity index (χ2n) is 1.44. The minimum atomic E-state index is -0.463. The van der Waals surface area contributed by atoms with Gasteiger partial charge in [0.2, 0.25) is 0 Å². The first-order valence-corrected chi connectivity index (χ1v) is 3.03. The minimum absolute atomic E-state index is 0.200. The Bertz CT molecular complexity index is 175. The lowest BCUT2D eigenvalue weighted by atomic mass is 10.5. The van der Waals surface area contributed by atoms with E-state index in [1.54, 1.807) is 0 Å². The maximum absolute atomic E-state index is 5.52. The predicted octanol–water partition coefficient (Wildman–Crippen LogP) is 0.353. The van der Waals surface area contributed by atoms with Gasteiger partial charge in [-0.05, 0) is 0 Å². The fourth-order valence-electron chi connectivity index (χ4n) is 0.441. The van der Waals surface area contributed by atoms with Crippen LogP contribution in [0.1, 0.15) is 0 Å². The Balaban J connectivity index is 2.74. The molecule has 0 aliphatic carbocycles. The first-order valence-electron chi connectivity index (χ1n) is 2.22. The Hall–Kier alpha value is -0.410. The molecule has 1 rings (SSSR count). The van der Waals surface area contributed by atoms with Crippen molar-refractivity contribution in [1.29, 1.82) is 0 Å². The van der Waals surface area contributed by atoms with Crippen LogP contribution < -0.4 is 11.1 Å². The van der Waals surface area contributed by atoms with Gasteiger partial charge in [0, 0.05) is 6.08 Å². The molecule has 1 unspecified atom stereocenters. The van der Waals surface area contributed by atoms with Gasteiger partial charge < -0.3 is 11.1 Å². The Morgan fingerprint density at radius 3 is 2.89 bits per heavy atom. The van der Waals surface area contributed by atoms with Crippen molar-refractivity contribution in [3.05, 3.63) is 11.2 Å². The third kappa shape index (κ3) is 1.77. The quantitative estimate of drug-likeness (QED) is 0.402. The van der Waals surface area contributed by atoms with E-state index >= 15 is 0 Å². The highest BCUT2D eigenvalue weighted by Crippen LogP contribution is 2.08. The van der Waals surface area contributed by atoms with Gasteiger partial charge in [-0.3, -0.25) is 0 Å². The summed E-state index contributed by atoms with van der Waals surface area (Å²) in [4.78, 5) is 3.60. The van der Waals surface area contributed by atoms with Gasteiger partial charge in [-0.15, -0.1) is 0 Å². The van der Waals surface area contributed by atoms with Crippen molar-refractivity contribution in [3.8, 4) is 0 Å². The van der Waals surface area contributed by atoms with Crippen molar-refractivity contribution in [3.63, 3.8) is 0 Å². The molecule has 0 aromatic rings. The summed E-state index contributed by atoms with van der Waals surface area (Å²) in [5.74, 6) is 0.221. The van der Waals surface area contributed by atoms with Gasteiger partial charge in [-0.25, -0.2) is 4.99 Å². The van der Waals surface area contributed by atoms with Crippen LogP contribution in [0.4, 0.5) is 0 Å². The number of nitrogens with one attached hydrogen (secondary N) is 1. The van der Waals surface area contributed by atoms with Gasteiger partial charge in [-0.2, -0.15) is 0 Å². The minimum Gasteiger partial charge on any atom is -0.370 e. The number of hydrogen-bond donors (Lipinski definition) is 2. The highest BCUT2D eigenvalue weighted by molar-refractivity contribution is 6.31. The third-order valence-electron chi connectivity index (χ3n) is 0.739. The van der Waals surface area contributed by atoms with Gasteiger partial charge in [0.05, 0.1) is 0 Å². The van der Waals surface area contributed by atoms with Gasteiger partial charge in [0.1, 0.15) is 10.7 Å². The molecule has 1 heterocycles.